The minimum absolute atomic E-state index is 0.128. The SMILES string of the molecule is COc1ccc(-n2cnnn2)cc1C1=C[C@@]2(CCCN[C@H]2c2ccccc2)OC1. The number of hydrogen-bond acceptors (Lipinski definition) is 6. The molecule has 2 aliphatic heterocycles. The van der Waals surface area contributed by atoms with Gasteiger partial charge in [0.25, 0.3) is 0 Å². The second-order valence-corrected chi connectivity index (χ2v) is 7.45. The molecule has 0 radical (unpaired) electrons. The van der Waals surface area contributed by atoms with Gasteiger partial charge in [0.1, 0.15) is 17.7 Å². The van der Waals surface area contributed by atoms with E-state index in [9.17, 15) is 0 Å². The van der Waals surface area contributed by atoms with Gasteiger partial charge in [-0.05, 0) is 65.2 Å². The molecule has 3 heterocycles. The largest absolute Gasteiger partial charge is 0.496 e. The molecule has 2 aromatic carbocycles. The maximum Gasteiger partial charge on any atom is 0.143 e. The van der Waals surface area contributed by atoms with Crippen LogP contribution in [0.5, 0.6) is 5.75 Å². The standard InChI is InChI=1S/C22H23N5O2/c1-28-20-9-8-18(27-15-24-25-26-27)12-19(20)17-13-22(29-14-17)10-5-11-23-21(22)16-6-3-2-4-7-16/h2-4,6-9,12-13,15,21,23H,5,10-11,14H2,1H3/t21-,22+/m0/s1. The van der Waals surface area contributed by atoms with E-state index in [0.717, 1.165) is 42.0 Å². The van der Waals surface area contributed by atoms with Crippen molar-refractivity contribution in [3.05, 3.63) is 72.1 Å². The van der Waals surface area contributed by atoms with Crippen molar-refractivity contribution in [3.63, 3.8) is 0 Å². The fraction of sp³-hybridized carbons (Fsp3) is 0.318. The van der Waals surface area contributed by atoms with Crippen molar-refractivity contribution in [1.29, 1.82) is 0 Å². The van der Waals surface area contributed by atoms with Crippen molar-refractivity contribution < 1.29 is 9.47 Å². The molecule has 5 rings (SSSR count). The molecule has 148 valence electrons. The van der Waals surface area contributed by atoms with Crippen LogP contribution in [0.15, 0.2) is 60.9 Å². The molecule has 7 heteroatoms. The number of piperidine rings is 1. The molecule has 1 N–H and O–H groups in total. The molecule has 0 amide bonds. The number of hydrogen-bond donors (Lipinski definition) is 1. The van der Waals surface area contributed by atoms with Crippen molar-refractivity contribution in [2.45, 2.75) is 24.5 Å². The van der Waals surface area contributed by atoms with Gasteiger partial charge in [-0.3, -0.25) is 0 Å². The van der Waals surface area contributed by atoms with E-state index in [2.05, 4.69) is 57.3 Å². The Hall–Kier alpha value is -3.03. The number of nitrogens with one attached hydrogen (secondary N) is 1. The lowest BCUT2D eigenvalue weighted by molar-refractivity contribution is -0.0255. The molecule has 1 aromatic heterocycles. The van der Waals surface area contributed by atoms with Gasteiger partial charge in [0, 0.05) is 5.56 Å². The number of benzene rings is 2. The third-order valence-corrected chi connectivity index (χ3v) is 5.77. The molecule has 1 fully saturated rings. The maximum absolute atomic E-state index is 6.49. The lowest BCUT2D eigenvalue weighted by Crippen LogP contribution is -2.47. The highest BCUT2D eigenvalue weighted by Gasteiger charge is 2.44. The van der Waals surface area contributed by atoms with E-state index >= 15 is 0 Å². The summed E-state index contributed by atoms with van der Waals surface area (Å²) in [5, 5.41) is 15.1. The first-order valence-electron chi connectivity index (χ1n) is 9.85. The lowest BCUT2D eigenvalue weighted by Gasteiger charge is -2.40. The molecule has 0 aliphatic carbocycles. The smallest absolute Gasteiger partial charge is 0.143 e. The molecular weight excluding hydrogens is 366 g/mol. The molecule has 1 spiro atoms. The summed E-state index contributed by atoms with van der Waals surface area (Å²) < 4.78 is 13.8. The summed E-state index contributed by atoms with van der Waals surface area (Å²) in [6.07, 6.45) is 5.94. The van der Waals surface area contributed by atoms with Gasteiger partial charge in [0.2, 0.25) is 0 Å². The van der Waals surface area contributed by atoms with Crippen molar-refractivity contribution in [3.8, 4) is 11.4 Å². The van der Waals surface area contributed by atoms with E-state index in [1.54, 1.807) is 18.1 Å². The highest BCUT2D eigenvalue weighted by atomic mass is 16.5. The second kappa shape index (κ2) is 7.42. The average molecular weight is 389 g/mol. The van der Waals surface area contributed by atoms with Gasteiger partial charge < -0.3 is 14.8 Å². The number of ether oxygens (including phenoxy) is 2. The van der Waals surface area contributed by atoms with Crippen molar-refractivity contribution in [1.82, 2.24) is 25.5 Å². The molecule has 7 nitrogen and oxygen atoms in total. The van der Waals surface area contributed by atoms with Gasteiger partial charge >= 0.3 is 0 Å². The Kier molecular flexibility index (Phi) is 4.61. The number of tetrazole rings is 1. The Balaban J connectivity index is 1.55. The first kappa shape index (κ1) is 18.0. The van der Waals surface area contributed by atoms with E-state index in [0.29, 0.717) is 6.61 Å². The highest BCUT2D eigenvalue weighted by molar-refractivity contribution is 5.75. The molecule has 0 unspecified atom stereocenters. The Morgan fingerprint density at radius 1 is 1.21 bits per heavy atom. The lowest BCUT2D eigenvalue weighted by atomic mass is 9.81. The van der Waals surface area contributed by atoms with E-state index in [-0.39, 0.29) is 11.6 Å². The van der Waals surface area contributed by atoms with Crippen LogP contribution in [0.3, 0.4) is 0 Å². The molecule has 3 aromatic rings. The Labute approximate surface area is 169 Å². The van der Waals surface area contributed by atoms with Gasteiger partial charge in [-0.15, -0.1) is 5.10 Å². The first-order chi connectivity index (χ1) is 14.3. The zero-order valence-corrected chi connectivity index (χ0v) is 16.3. The van der Waals surface area contributed by atoms with Gasteiger partial charge in [-0.2, -0.15) is 0 Å². The van der Waals surface area contributed by atoms with E-state index in [4.69, 9.17) is 9.47 Å². The minimum Gasteiger partial charge on any atom is -0.496 e. The van der Waals surface area contributed by atoms with E-state index in [1.165, 1.54) is 5.56 Å². The zero-order chi connectivity index (χ0) is 19.7. The third kappa shape index (κ3) is 3.22. The van der Waals surface area contributed by atoms with E-state index < -0.39 is 0 Å². The number of aromatic nitrogens is 4. The summed E-state index contributed by atoms with van der Waals surface area (Å²) in [7, 11) is 1.69. The minimum atomic E-state index is -0.356. The van der Waals surface area contributed by atoms with Crippen molar-refractivity contribution in [2.75, 3.05) is 20.3 Å². The summed E-state index contributed by atoms with van der Waals surface area (Å²) in [4.78, 5) is 0. The summed E-state index contributed by atoms with van der Waals surface area (Å²) in [5.41, 5.74) is 3.91. The van der Waals surface area contributed by atoms with Crippen LogP contribution >= 0.6 is 0 Å². The highest BCUT2D eigenvalue weighted by Crippen LogP contribution is 2.45. The van der Waals surface area contributed by atoms with Crippen LogP contribution in [-0.2, 0) is 4.74 Å². The van der Waals surface area contributed by atoms with Crippen LogP contribution in [0, 0.1) is 0 Å². The quantitative estimate of drug-likeness (QED) is 0.740. The van der Waals surface area contributed by atoms with Gasteiger partial charge in [0.15, 0.2) is 0 Å². The predicted octanol–water partition coefficient (Wildman–Crippen LogP) is 2.95. The molecule has 2 atom stereocenters. The van der Waals surface area contributed by atoms with Gasteiger partial charge in [-0.25, -0.2) is 4.68 Å². The average Bonchev–Trinajstić information content (AvgIpc) is 3.45. The monoisotopic (exact) mass is 389 g/mol. The Morgan fingerprint density at radius 3 is 2.90 bits per heavy atom. The summed E-state index contributed by atoms with van der Waals surface area (Å²) in [5.74, 6) is 0.814. The maximum atomic E-state index is 6.49. The number of methoxy groups -OCH3 is 1. The molecule has 2 aliphatic rings. The van der Waals surface area contributed by atoms with Crippen LogP contribution in [0.2, 0.25) is 0 Å². The van der Waals surface area contributed by atoms with Crippen LogP contribution in [0.1, 0.15) is 30.0 Å². The number of rotatable bonds is 4. The predicted molar refractivity (Wildman–Crippen MR) is 109 cm³/mol. The second-order valence-electron chi connectivity index (χ2n) is 7.45. The molecule has 1 saturated heterocycles. The zero-order valence-electron chi connectivity index (χ0n) is 16.3. The van der Waals surface area contributed by atoms with Gasteiger partial charge in [0.05, 0.1) is 25.4 Å². The molecular formula is C22H23N5O2. The van der Waals surface area contributed by atoms with Crippen LogP contribution in [0.4, 0.5) is 0 Å². The molecule has 0 bridgehead atoms. The van der Waals surface area contributed by atoms with Crippen LogP contribution in [0.25, 0.3) is 11.3 Å². The van der Waals surface area contributed by atoms with E-state index in [1.807, 2.05) is 18.2 Å². The topological polar surface area (TPSA) is 74.1 Å². The first-order valence-corrected chi connectivity index (χ1v) is 9.85. The van der Waals surface area contributed by atoms with Crippen molar-refractivity contribution in [2.24, 2.45) is 0 Å². The Bertz CT molecular complexity index is 1020. The molecule has 0 saturated carbocycles. The van der Waals surface area contributed by atoms with Gasteiger partial charge in [-0.1, -0.05) is 30.3 Å². The van der Waals surface area contributed by atoms with Crippen molar-refractivity contribution >= 4 is 5.57 Å². The summed E-state index contributed by atoms with van der Waals surface area (Å²) in [6, 6.07) is 16.6. The Morgan fingerprint density at radius 2 is 2.10 bits per heavy atom. The summed E-state index contributed by atoms with van der Waals surface area (Å²) in [6.45, 7) is 1.53. The fourth-order valence-electron chi connectivity index (χ4n) is 4.40. The summed E-state index contributed by atoms with van der Waals surface area (Å²) >= 11 is 0. The fourth-order valence-corrected chi connectivity index (χ4v) is 4.40. The van der Waals surface area contributed by atoms with Crippen LogP contribution < -0.4 is 10.1 Å². The third-order valence-electron chi connectivity index (χ3n) is 5.77. The normalized spacial score (nSPS) is 23.9. The van der Waals surface area contributed by atoms with Crippen LogP contribution in [-0.4, -0.2) is 46.1 Å². The number of nitrogens with zero attached hydrogens (tertiary/aromatic N) is 4. The molecule has 29 heavy (non-hydrogen) atoms.